The molecule has 24 heavy (non-hydrogen) atoms. The molecule has 2 N–H and O–H groups in total. The number of nitrogens with two attached hydrogens (primary N) is 1. The quantitative estimate of drug-likeness (QED) is 0.515. The monoisotopic (exact) mass is 348 g/mol. The van der Waals surface area contributed by atoms with Crippen LogP contribution < -0.4 is 10.4 Å². The summed E-state index contributed by atoms with van der Waals surface area (Å²) in [4.78, 5) is 10.6. The highest BCUT2D eigenvalue weighted by atomic mass is 31.2. The third kappa shape index (κ3) is 7.72. The van der Waals surface area contributed by atoms with Crippen LogP contribution in [0.2, 0.25) is 0 Å². The van der Waals surface area contributed by atoms with Gasteiger partial charge in [0.1, 0.15) is 0 Å². The molecule has 1 aliphatic carbocycles. The first kappa shape index (κ1) is 21.1. The van der Waals surface area contributed by atoms with E-state index in [1.165, 1.54) is 36.0 Å². The summed E-state index contributed by atoms with van der Waals surface area (Å²) >= 11 is 0. The molecule has 1 unspecified atom stereocenters. The van der Waals surface area contributed by atoms with Crippen LogP contribution in [0.3, 0.4) is 0 Å². The Morgan fingerprint density at radius 1 is 1.29 bits per heavy atom. The van der Waals surface area contributed by atoms with Crippen molar-refractivity contribution >= 4 is 8.53 Å². The minimum absolute atomic E-state index is 0.271. The van der Waals surface area contributed by atoms with Crippen LogP contribution in [-0.4, -0.2) is 6.61 Å². The SMILES string of the molecule is CC1=C(/C=C/C(C)=C/C=C/C(C)=C/COP(N)[O-])C(C)(C)CCC1. The van der Waals surface area contributed by atoms with Gasteiger partial charge in [0, 0.05) is 8.53 Å². The maximum atomic E-state index is 10.6. The van der Waals surface area contributed by atoms with Crippen molar-refractivity contribution in [2.45, 2.75) is 53.9 Å². The van der Waals surface area contributed by atoms with Gasteiger partial charge in [-0.25, -0.2) is 0 Å². The Bertz CT molecular complexity index is 566. The van der Waals surface area contributed by atoms with E-state index in [1.807, 2.05) is 25.2 Å². The van der Waals surface area contributed by atoms with E-state index in [2.05, 4.69) is 45.9 Å². The zero-order chi connectivity index (χ0) is 18.2. The van der Waals surface area contributed by atoms with Gasteiger partial charge in [-0.15, -0.1) is 0 Å². The lowest BCUT2D eigenvalue weighted by atomic mass is 9.72. The second kappa shape index (κ2) is 10.1. The topological polar surface area (TPSA) is 58.3 Å². The minimum atomic E-state index is -2.02. The maximum Gasteiger partial charge on any atom is 0.0697 e. The van der Waals surface area contributed by atoms with Crippen LogP contribution in [0.15, 0.2) is 58.7 Å². The molecule has 0 radical (unpaired) electrons. The molecule has 1 aliphatic rings. The molecule has 3 nitrogen and oxygen atoms in total. The average Bonchev–Trinajstić information content (AvgIpc) is 2.45. The molecule has 4 heteroatoms. The van der Waals surface area contributed by atoms with Crippen LogP contribution in [0.4, 0.5) is 0 Å². The summed E-state index contributed by atoms with van der Waals surface area (Å²) in [5.74, 6) is 0. The van der Waals surface area contributed by atoms with Gasteiger partial charge in [-0.2, -0.15) is 0 Å². The van der Waals surface area contributed by atoms with Gasteiger partial charge in [-0.3, -0.25) is 5.50 Å². The second-order valence-electron chi connectivity index (χ2n) is 7.06. The van der Waals surface area contributed by atoms with Crippen molar-refractivity contribution in [3.8, 4) is 0 Å². The van der Waals surface area contributed by atoms with Crippen molar-refractivity contribution < 1.29 is 9.42 Å². The average molecular weight is 348 g/mol. The van der Waals surface area contributed by atoms with E-state index in [0.29, 0.717) is 0 Å². The van der Waals surface area contributed by atoms with Crippen molar-refractivity contribution in [2.75, 3.05) is 6.61 Å². The third-order valence-electron chi connectivity index (χ3n) is 4.38. The Hall–Kier alpha value is -0.990. The van der Waals surface area contributed by atoms with Crippen molar-refractivity contribution in [1.29, 1.82) is 0 Å². The molecule has 0 bridgehead atoms. The smallest absolute Gasteiger partial charge is 0.0697 e. The summed E-state index contributed by atoms with van der Waals surface area (Å²) in [5.41, 5.74) is 10.6. The molecular formula is C20H31NO2P-. The highest BCUT2D eigenvalue weighted by molar-refractivity contribution is 7.41. The van der Waals surface area contributed by atoms with Gasteiger partial charge in [-0.1, -0.05) is 67.0 Å². The Kier molecular flexibility index (Phi) is 8.86. The molecule has 0 aliphatic heterocycles. The van der Waals surface area contributed by atoms with Crippen LogP contribution >= 0.6 is 8.53 Å². The standard InChI is InChI=1S/C20H31NO2P/c1-16(8-6-9-17(2)13-15-23-24(21)22)11-12-19-18(3)10-7-14-20(19,4)5/h6,8-9,11-13H,7,10,14-15,21H2,1-5H3/q-1/b9-6+,12-11+,16-8+,17-13+. The van der Waals surface area contributed by atoms with Gasteiger partial charge in [-0.05, 0) is 51.0 Å². The summed E-state index contributed by atoms with van der Waals surface area (Å²) in [6.07, 6.45) is 16.2. The van der Waals surface area contributed by atoms with Crippen LogP contribution in [0.1, 0.15) is 53.9 Å². The maximum absolute atomic E-state index is 10.6. The zero-order valence-corrected chi connectivity index (χ0v) is 16.5. The number of hydrogen-bond acceptors (Lipinski definition) is 3. The molecule has 0 aromatic heterocycles. The molecule has 0 amide bonds. The predicted molar refractivity (Wildman–Crippen MR) is 103 cm³/mol. The molecule has 0 spiro atoms. The Morgan fingerprint density at radius 2 is 2.00 bits per heavy atom. The molecular weight excluding hydrogens is 317 g/mol. The lowest BCUT2D eigenvalue weighted by molar-refractivity contribution is -0.179. The van der Waals surface area contributed by atoms with E-state index < -0.39 is 8.53 Å². The summed E-state index contributed by atoms with van der Waals surface area (Å²) in [6.45, 7) is 11.3. The van der Waals surface area contributed by atoms with Crippen molar-refractivity contribution in [3.63, 3.8) is 0 Å². The van der Waals surface area contributed by atoms with Crippen molar-refractivity contribution in [3.05, 3.63) is 58.7 Å². The van der Waals surface area contributed by atoms with Crippen LogP contribution in [-0.2, 0) is 4.52 Å². The normalized spacial score (nSPS) is 21.1. The zero-order valence-electron chi connectivity index (χ0n) is 15.6. The molecule has 0 aromatic carbocycles. The number of hydrogen-bond donors (Lipinski definition) is 1. The molecule has 0 aromatic rings. The summed E-state index contributed by atoms with van der Waals surface area (Å²) in [7, 11) is -2.02. The first-order valence-corrected chi connectivity index (χ1v) is 9.72. The fourth-order valence-electron chi connectivity index (χ4n) is 2.94. The predicted octanol–water partition coefficient (Wildman–Crippen LogP) is 5.08. The largest absolute Gasteiger partial charge is 0.796 e. The van der Waals surface area contributed by atoms with Crippen LogP contribution in [0.5, 0.6) is 0 Å². The van der Waals surface area contributed by atoms with E-state index >= 15 is 0 Å². The number of rotatable bonds is 7. The Balaban J connectivity index is 2.65. The van der Waals surface area contributed by atoms with Crippen molar-refractivity contribution in [1.82, 2.24) is 0 Å². The highest BCUT2D eigenvalue weighted by Gasteiger charge is 2.26. The summed E-state index contributed by atoms with van der Waals surface area (Å²) < 4.78 is 4.82. The van der Waals surface area contributed by atoms with Crippen LogP contribution in [0, 0.1) is 5.41 Å². The van der Waals surface area contributed by atoms with Gasteiger partial charge in [0.25, 0.3) is 0 Å². The van der Waals surface area contributed by atoms with E-state index in [0.717, 1.165) is 5.57 Å². The highest BCUT2D eigenvalue weighted by Crippen LogP contribution is 2.40. The molecule has 1 rings (SSSR count). The van der Waals surface area contributed by atoms with Gasteiger partial charge in [0.15, 0.2) is 0 Å². The summed E-state index contributed by atoms with van der Waals surface area (Å²) in [6, 6.07) is 0. The van der Waals surface area contributed by atoms with Gasteiger partial charge >= 0.3 is 0 Å². The molecule has 0 heterocycles. The van der Waals surface area contributed by atoms with Gasteiger partial charge in [0.2, 0.25) is 0 Å². The summed E-state index contributed by atoms with van der Waals surface area (Å²) in [5, 5.41) is 0. The van der Waals surface area contributed by atoms with Crippen molar-refractivity contribution in [2.24, 2.45) is 10.9 Å². The molecule has 0 saturated heterocycles. The second-order valence-corrected chi connectivity index (χ2v) is 7.89. The van der Waals surface area contributed by atoms with E-state index in [1.54, 1.807) is 0 Å². The third-order valence-corrected chi connectivity index (χ3v) is 4.78. The first-order chi connectivity index (χ1) is 11.2. The molecule has 134 valence electrons. The Labute approximate surface area is 148 Å². The molecule has 0 fully saturated rings. The fourth-order valence-corrected chi connectivity index (χ4v) is 3.16. The number of allylic oxidation sites excluding steroid dienone is 9. The van der Waals surface area contributed by atoms with Crippen LogP contribution in [0.25, 0.3) is 0 Å². The van der Waals surface area contributed by atoms with Gasteiger partial charge < -0.3 is 9.42 Å². The fraction of sp³-hybridized carbons (Fsp3) is 0.500. The Morgan fingerprint density at radius 3 is 2.62 bits per heavy atom. The van der Waals surface area contributed by atoms with Gasteiger partial charge in [0.05, 0.1) is 6.61 Å². The van der Waals surface area contributed by atoms with E-state index in [4.69, 9.17) is 10.0 Å². The minimum Gasteiger partial charge on any atom is -0.796 e. The van der Waals surface area contributed by atoms with E-state index in [-0.39, 0.29) is 12.0 Å². The van der Waals surface area contributed by atoms with E-state index in [9.17, 15) is 4.89 Å². The first-order valence-electron chi connectivity index (χ1n) is 8.47. The lowest BCUT2D eigenvalue weighted by Gasteiger charge is -2.32. The lowest BCUT2D eigenvalue weighted by Crippen LogP contribution is -2.19. The molecule has 1 atom stereocenters. The molecule has 0 saturated carbocycles.